The molecule has 9 heteroatoms. The highest BCUT2D eigenvalue weighted by Gasteiger charge is 2.32. The van der Waals surface area contributed by atoms with Crippen molar-refractivity contribution in [2.45, 2.75) is 32.4 Å². The summed E-state index contributed by atoms with van der Waals surface area (Å²) in [5.74, 6) is 1.34. The summed E-state index contributed by atoms with van der Waals surface area (Å²) in [4.78, 5) is 17.7. The van der Waals surface area contributed by atoms with Crippen LogP contribution >= 0.6 is 0 Å². The molecule has 9 nitrogen and oxygen atoms in total. The Morgan fingerprint density at radius 3 is 3.00 bits per heavy atom. The molecule has 1 unspecified atom stereocenters. The average Bonchev–Trinajstić information content (AvgIpc) is 3.40. The van der Waals surface area contributed by atoms with Crippen molar-refractivity contribution < 1.29 is 0 Å². The van der Waals surface area contributed by atoms with Crippen molar-refractivity contribution in [1.82, 2.24) is 29.4 Å². The van der Waals surface area contributed by atoms with Crippen LogP contribution in [0, 0.1) is 0 Å². The summed E-state index contributed by atoms with van der Waals surface area (Å²) in [6.07, 6.45) is 4.42. The number of aryl methyl sites for hydroxylation is 2. The van der Waals surface area contributed by atoms with E-state index in [0.29, 0.717) is 23.5 Å². The molecule has 5 rings (SSSR count). The molecule has 148 valence electrons. The van der Waals surface area contributed by atoms with E-state index in [1.165, 1.54) is 19.4 Å². The summed E-state index contributed by atoms with van der Waals surface area (Å²) in [6.45, 7) is 6.89. The second-order valence-electron chi connectivity index (χ2n) is 7.78. The Labute approximate surface area is 162 Å². The number of H-pyrrole nitrogens is 1. The van der Waals surface area contributed by atoms with Crippen LogP contribution in [0.2, 0.25) is 0 Å². The van der Waals surface area contributed by atoms with Crippen LogP contribution in [0.15, 0.2) is 17.1 Å². The van der Waals surface area contributed by atoms with Gasteiger partial charge in [0.15, 0.2) is 5.82 Å². The van der Waals surface area contributed by atoms with Gasteiger partial charge in [-0.2, -0.15) is 10.2 Å². The number of hydrogen-bond donors (Lipinski definition) is 2. The molecule has 2 fully saturated rings. The van der Waals surface area contributed by atoms with E-state index in [0.717, 1.165) is 36.7 Å². The number of nitrogen functional groups attached to an aromatic ring is 1. The number of pyridine rings is 1. The minimum absolute atomic E-state index is 0.124. The van der Waals surface area contributed by atoms with E-state index in [2.05, 4.69) is 26.1 Å². The van der Waals surface area contributed by atoms with E-state index in [1.54, 1.807) is 4.57 Å². The van der Waals surface area contributed by atoms with E-state index in [1.807, 2.05) is 24.9 Å². The number of aromatic amines is 1. The molecule has 0 saturated carbocycles. The zero-order valence-corrected chi connectivity index (χ0v) is 16.4. The quantitative estimate of drug-likeness (QED) is 0.701. The maximum atomic E-state index is 12.6. The van der Waals surface area contributed by atoms with Crippen molar-refractivity contribution in [3.8, 4) is 11.3 Å². The highest BCUT2D eigenvalue weighted by Crippen LogP contribution is 2.31. The molecule has 0 bridgehead atoms. The predicted octanol–water partition coefficient (Wildman–Crippen LogP) is 1.01. The van der Waals surface area contributed by atoms with Crippen molar-refractivity contribution in [3.63, 3.8) is 0 Å². The van der Waals surface area contributed by atoms with Gasteiger partial charge in [-0.05, 0) is 26.3 Å². The standard InChI is InChI=1S/C19H26N8O/c1-3-25-11-13(17-16(19(25)28)18(20)22-21-17)14-9-15(24(2)23-14)27-8-7-26-6-4-5-12(26)10-27/h9,11-12H,3-8,10H2,1-2H3,(H3,20,21,22). The minimum Gasteiger partial charge on any atom is -0.382 e. The van der Waals surface area contributed by atoms with Crippen LogP contribution in [0.25, 0.3) is 22.2 Å². The van der Waals surface area contributed by atoms with Gasteiger partial charge in [-0.15, -0.1) is 0 Å². The van der Waals surface area contributed by atoms with E-state index >= 15 is 0 Å². The molecule has 28 heavy (non-hydrogen) atoms. The van der Waals surface area contributed by atoms with Crippen LogP contribution in [-0.4, -0.2) is 61.7 Å². The first kappa shape index (κ1) is 17.3. The van der Waals surface area contributed by atoms with Crippen molar-refractivity contribution in [2.24, 2.45) is 7.05 Å². The third-order valence-corrected chi connectivity index (χ3v) is 6.21. The molecule has 3 aromatic rings. The molecule has 2 aliphatic rings. The summed E-state index contributed by atoms with van der Waals surface area (Å²) in [7, 11) is 1.98. The average molecular weight is 382 g/mol. The third-order valence-electron chi connectivity index (χ3n) is 6.21. The number of fused-ring (bicyclic) bond motifs is 2. The van der Waals surface area contributed by atoms with Crippen molar-refractivity contribution in [1.29, 1.82) is 0 Å². The van der Waals surface area contributed by atoms with Gasteiger partial charge in [-0.1, -0.05) is 0 Å². The molecule has 0 aliphatic carbocycles. The second-order valence-corrected chi connectivity index (χ2v) is 7.78. The van der Waals surface area contributed by atoms with Crippen LogP contribution in [0.4, 0.5) is 11.6 Å². The third kappa shape index (κ3) is 2.53. The van der Waals surface area contributed by atoms with Gasteiger partial charge in [0.2, 0.25) is 0 Å². The number of nitrogens with one attached hydrogen (secondary N) is 1. The Morgan fingerprint density at radius 2 is 2.18 bits per heavy atom. The normalized spacial score (nSPS) is 20.2. The Bertz CT molecular complexity index is 1090. The van der Waals surface area contributed by atoms with Crippen LogP contribution in [0.1, 0.15) is 19.8 Å². The first-order valence-electron chi connectivity index (χ1n) is 9.97. The number of nitrogens with two attached hydrogens (primary N) is 1. The largest absolute Gasteiger partial charge is 0.382 e. The van der Waals surface area contributed by atoms with E-state index in [9.17, 15) is 4.79 Å². The van der Waals surface area contributed by atoms with Crippen LogP contribution in [0.3, 0.4) is 0 Å². The number of rotatable bonds is 3. The van der Waals surface area contributed by atoms with Crippen molar-refractivity contribution in [3.05, 3.63) is 22.6 Å². The van der Waals surface area contributed by atoms with Crippen molar-refractivity contribution >= 4 is 22.5 Å². The van der Waals surface area contributed by atoms with Crippen LogP contribution < -0.4 is 16.2 Å². The van der Waals surface area contributed by atoms with E-state index < -0.39 is 0 Å². The fraction of sp³-hybridized carbons (Fsp3) is 0.526. The Balaban J connectivity index is 1.57. The van der Waals surface area contributed by atoms with E-state index in [4.69, 9.17) is 10.8 Å². The minimum atomic E-state index is -0.124. The van der Waals surface area contributed by atoms with Gasteiger partial charge in [0.05, 0.1) is 11.2 Å². The van der Waals surface area contributed by atoms with Crippen LogP contribution in [0.5, 0.6) is 0 Å². The predicted molar refractivity (Wildman–Crippen MR) is 109 cm³/mol. The Kier molecular flexibility index (Phi) is 3.94. The maximum Gasteiger partial charge on any atom is 0.263 e. The van der Waals surface area contributed by atoms with Gasteiger partial charge in [0.1, 0.15) is 11.2 Å². The maximum absolute atomic E-state index is 12.6. The summed E-state index contributed by atoms with van der Waals surface area (Å²) < 4.78 is 3.60. The molecule has 5 heterocycles. The topological polar surface area (TPSA) is 101 Å². The summed E-state index contributed by atoms with van der Waals surface area (Å²) in [5.41, 5.74) is 8.15. The molecule has 2 aliphatic heterocycles. The molecule has 0 aromatic carbocycles. The number of nitrogens with zero attached hydrogens (tertiary/aromatic N) is 6. The SMILES string of the molecule is CCn1cc(-c2cc(N3CCN4CCCC4C3)n(C)n2)c2[nH]nc(N)c2c1=O. The molecule has 3 N–H and O–H groups in total. The van der Waals surface area contributed by atoms with Gasteiger partial charge >= 0.3 is 0 Å². The lowest BCUT2D eigenvalue weighted by molar-refractivity contribution is 0.229. The first-order chi connectivity index (χ1) is 13.6. The summed E-state index contributed by atoms with van der Waals surface area (Å²) in [5, 5.41) is 12.2. The summed E-state index contributed by atoms with van der Waals surface area (Å²) in [6, 6.07) is 2.76. The number of anilines is 2. The van der Waals surface area contributed by atoms with Gasteiger partial charge in [-0.3, -0.25) is 19.5 Å². The number of hydrogen-bond acceptors (Lipinski definition) is 6. The summed E-state index contributed by atoms with van der Waals surface area (Å²) >= 11 is 0. The lowest BCUT2D eigenvalue weighted by atomic mass is 10.1. The fourth-order valence-electron chi connectivity index (χ4n) is 4.70. The molecule has 0 amide bonds. The van der Waals surface area contributed by atoms with Gasteiger partial charge in [0.25, 0.3) is 5.56 Å². The van der Waals surface area contributed by atoms with E-state index in [-0.39, 0.29) is 11.4 Å². The van der Waals surface area contributed by atoms with Gasteiger partial charge in [0, 0.05) is 57.1 Å². The lowest BCUT2D eigenvalue weighted by Crippen LogP contribution is -2.50. The fourth-order valence-corrected chi connectivity index (χ4v) is 4.70. The van der Waals surface area contributed by atoms with Crippen LogP contribution in [-0.2, 0) is 13.6 Å². The molecule has 2 saturated heterocycles. The Hall–Kier alpha value is -2.81. The highest BCUT2D eigenvalue weighted by molar-refractivity contribution is 5.97. The number of piperazine rings is 1. The molecule has 0 spiro atoms. The van der Waals surface area contributed by atoms with Gasteiger partial charge < -0.3 is 15.2 Å². The van der Waals surface area contributed by atoms with Crippen molar-refractivity contribution in [2.75, 3.05) is 36.8 Å². The Morgan fingerprint density at radius 1 is 1.32 bits per heavy atom. The molecule has 0 radical (unpaired) electrons. The zero-order valence-electron chi connectivity index (χ0n) is 16.4. The first-order valence-corrected chi connectivity index (χ1v) is 9.97. The highest BCUT2D eigenvalue weighted by atomic mass is 16.1. The monoisotopic (exact) mass is 382 g/mol. The lowest BCUT2D eigenvalue weighted by Gasteiger charge is -2.38. The molecule has 3 aromatic heterocycles. The second kappa shape index (κ2) is 6.37. The molecular weight excluding hydrogens is 356 g/mol. The smallest absolute Gasteiger partial charge is 0.263 e. The van der Waals surface area contributed by atoms with Gasteiger partial charge in [-0.25, -0.2) is 0 Å². The molecular formula is C19H26N8O. The molecule has 1 atom stereocenters. The zero-order chi connectivity index (χ0) is 19.4. The number of aromatic nitrogens is 5.